The summed E-state index contributed by atoms with van der Waals surface area (Å²) in [6.07, 6.45) is 0. The Morgan fingerprint density at radius 1 is 1.50 bits per heavy atom. The van der Waals surface area contributed by atoms with E-state index in [1.807, 2.05) is 6.92 Å². The highest BCUT2D eigenvalue weighted by molar-refractivity contribution is 5.85. The highest BCUT2D eigenvalue weighted by Gasteiger charge is 2.34. The summed E-state index contributed by atoms with van der Waals surface area (Å²) in [5, 5.41) is 14.3. The molecule has 1 aliphatic heterocycles. The van der Waals surface area contributed by atoms with Crippen LogP contribution in [0.2, 0.25) is 0 Å². The first kappa shape index (κ1) is 12.9. The molecule has 92 valence electrons. The van der Waals surface area contributed by atoms with Crippen molar-refractivity contribution in [2.45, 2.75) is 25.9 Å². The first-order chi connectivity index (χ1) is 7.56. The summed E-state index contributed by atoms with van der Waals surface area (Å²) < 4.78 is 5.21. The lowest BCUT2D eigenvalue weighted by Gasteiger charge is -2.19. The number of rotatable bonds is 5. The Morgan fingerprint density at radius 3 is 2.75 bits per heavy atom. The largest absolute Gasteiger partial charge is 0.480 e. The third kappa shape index (κ3) is 3.18. The number of aliphatic carboxylic acids is 1. The van der Waals surface area contributed by atoms with E-state index in [9.17, 15) is 9.59 Å². The molecule has 16 heavy (non-hydrogen) atoms. The number of carbonyl (C=O) groups excluding carboxylic acids is 1. The van der Waals surface area contributed by atoms with E-state index in [0.29, 0.717) is 13.2 Å². The van der Waals surface area contributed by atoms with Crippen LogP contribution in [0, 0.1) is 5.92 Å². The number of carboxylic acids is 1. The van der Waals surface area contributed by atoms with Gasteiger partial charge in [0.2, 0.25) is 5.91 Å². The maximum absolute atomic E-state index is 11.8. The molecule has 0 radical (unpaired) electrons. The molecule has 0 saturated carbocycles. The topological polar surface area (TPSA) is 87.7 Å². The van der Waals surface area contributed by atoms with Crippen molar-refractivity contribution in [1.29, 1.82) is 0 Å². The summed E-state index contributed by atoms with van der Waals surface area (Å²) in [4.78, 5) is 22.3. The normalized spacial score (nSPS) is 26.4. The Kier molecular flexibility index (Phi) is 4.70. The molecule has 1 aliphatic rings. The van der Waals surface area contributed by atoms with Crippen LogP contribution in [0.4, 0.5) is 0 Å². The number of carboxylic acid groups (broad SMARTS) is 1. The minimum atomic E-state index is -1.03. The molecule has 1 heterocycles. The predicted molar refractivity (Wildman–Crippen MR) is 57.0 cm³/mol. The smallest absolute Gasteiger partial charge is 0.325 e. The minimum absolute atomic E-state index is 0.0222. The van der Waals surface area contributed by atoms with E-state index >= 15 is 0 Å². The first-order valence-corrected chi connectivity index (χ1v) is 5.40. The summed E-state index contributed by atoms with van der Waals surface area (Å²) in [5.41, 5.74) is 0. The van der Waals surface area contributed by atoms with Crippen LogP contribution in [-0.4, -0.2) is 48.8 Å². The molecule has 0 aliphatic carbocycles. The van der Waals surface area contributed by atoms with Crippen molar-refractivity contribution < 1.29 is 19.4 Å². The molecule has 1 rings (SSSR count). The SMILES string of the molecule is CCNC1COCC1C(=O)N[C@@H](C)C(=O)O. The molecule has 3 N–H and O–H groups in total. The first-order valence-electron chi connectivity index (χ1n) is 5.40. The lowest BCUT2D eigenvalue weighted by molar-refractivity contribution is -0.142. The van der Waals surface area contributed by atoms with Crippen LogP contribution in [0.15, 0.2) is 0 Å². The van der Waals surface area contributed by atoms with Crippen molar-refractivity contribution in [1.82, 2.24) is 10.6 Å². The average Bonchev–Trinajstić information content (AvgIpc) is 2.66. The highest BCUT2D eigenvalue weighted by atomic mass is 16.5. The van der Waals surface area contributed by atoms with E-state index in [-0.39, 0.29) is 17.9 Å². The van der Waals surface area contributed by atoms with Crippen molar-refractivity contribution in [3.63, 3.8) is 0 Å². The van der Waals surface area contributed by atoms with Gasteiger partial charge < -0.3 is 20.5 Å². The van der Waals surface area contributed by atoms with Gasteiger partial charge in [0.05, 0.1) is 19.1 Å². The monoisotopic (exact) mass is 230 g/mol. The van der Waals surface area contributed by atoms with E-state index in [1.165, 1.54) is 6.92 Å². The van der Waals surface area contributed by atoms with E-state index in [2.05, 4.69) is 10.6 Å². The molecule has 1 saturated heterocycles. The molecule has 2 unspecified atom stereocenters. The summed E-state index contributed by atoms with van der Waals surface area (Å²) in [6.45, 7) is 4.99. The Balaban J connectivity index is 2.49. The zero-order valence-electron chi connectivity index (χ0n) is 9.53. The molecule has 6 heteroatoms. The standard InChI is InChI=1S/C10H18N2O4/c1-3-11-8-5-16-4-7(8)9(13)12-6(2)10(14)15/h6-8,11H,3-5H2,1-2H3,(H,12,13)(H,14,15)/t6-,7?,8?/m0/s1. The molecular formula is C10H18N2O4. The lowest BCUT2D eigenvalue weighted by atomic mass is 10.0. The van der Waals surface area contributed by atoms with E-state index in [4.69, 9.17) is 9.84 Å². The van der Waals surface area contributed by atoms with Gasteiger partial charge in [-0.15, -0.1) is 0 Å². The van der Waals surface area contributed by atoms with Gasteiger partial charge in [-0.2, -0.15) is 0 Å². The molecular weight excluding hydrogens is 212 g/mol. The molecule has 0 aromatic rings. The molecule has 1 fully saturated rings. The van der Waals surface area contributed by atoms with Crippen LogP contribution < -0.4 is 10.6 Å². The lowest BCUT2D eigenvalue weighted by Crippen LogP contribution is -2.48. The summed E-state index contributed by atoms with van der Waals surface area (Å²) in [7, 11) is 0. The molecule has 6 nitrogen and oxygen atoms in total. The second-order valence-electron chi connectivity index (χ2n) is 3.88. The summed E-state index contributed by atoms with van der Waals surface area (Å²) in [5.74, 6) is -1.60. The van der Waals surface area contributed by atoms with Gasteiger partial charge in [0.1, 0.15) is 6.04 Å². The van der Waals surface area contributed by atoms with Gasteiger partial charge in [-0.25, -0.2) is 0 Å². The number of nitrogens with one attached hydrogen (secondary N) is 2. The van der Waals surface area contributed by atoms with Crippen LogP contribution >= 0.6 is 0 Å². The quantitative estimate of drug-likeness (QED) is 0.575. The average molecular weight is 230 g/mol. The Hall–Kier alpha value is -1.14. The second kappa shape index (κ2) is 5.81. The van der Waals surface area contributed by atoms with Gasteiger partial charge in [0, 0.05) is 6.04 Å². The fourth-order valence-electron chi connectivity index (χ4n) is 1.66. The van der Waals surface area contributed by atoms with Gasteiger partial charge in [0.25, 0.3) is 0 Å². The van der Waals surface area contributed by atoms with Gasteiger partial charge in [-0.05, 0) is 13.5 Å². The molecule has 1 amide bonds. The van der Waals surface area contributed by atoms with Crippen molar-refractivity contribution in [3.8, 4) is 0 Å². The Bertz CT molecular complexity index is 270. The number of carbonyl (C=O) groups is 2. The van der Waals surface area contributed by atoms with Crippen LogP contribution in [0.5, 0.6) is 0 Å². The summed E-state index contributed by atoms with van der Waals surface area (Å²) in [6, 6.07) is -0.888. The van der Waals surface area contributed by atoms with Gasteiger partial charge >= 0.3 is 5.97 Å². The van der Waals surface area contributed by atoms with Gasteiger partial charge in [-0.3, -0.25) is 9.59 Å². The zero-order valence-corrected chi connectivity index (χ0v) is 9.53. The van der Waals surface area contributed by atoms with Gasteiger partial charge in [0.15, 0.2) is 0 Å². The fourth-order valence-corrected chi connectivity index (χ4v) is 1.66. The summed E-state index contributed by atoms with van der Waals surface area (Å²) >= 11 is 0. The predicted octanol–water partition coefficient (Wildman–Crippen LogP) is -0.800. The number of ether oxygens (including phenoxy) is 1. The number of hydrogen-bond donors (Lipinski definition) is 3. The van der Waals surface area contributed by atoms with Crippen molar-refractivity contribution in [3.05, 3.63) is 0 Å². The number of hydrogen-bond acceptors (Lipinski definition) is 4. The van der Waals surface area contributed by atoms with Crippen LogP contribution in [0.3, 0.4) is 0 Å². The van der Waals surface area contributed by atoms with Crippen molar-refractivity contribution >= 4 is 11.9 Å². The Morgan fingerprint density at radius 2 is 2.19 bits per heavy atom. The number of amides is 1. The zero-order chi connectivity index (χ0) is 12.1. The highest BCUT2D eigenvalue weighted by Crippen LogP contribution is 2.13. The number of likely N-dealkylation sites (N-methyl/N-ethyl adjacent to an activating group) is 1. The van der Waals surface area contributed by atoms with E-state index in [0.717, 1.165) is 6.54 Å². The van der Waals surface area contributed by atoms with Gasteiger partial charge in [-0.1, -0.05) is 6.92 Å². The van der Waals surface area contributed by atoms with E-state index in [1.54, 1.807) is 0 Å². The molecule has 0 aromatic heterocycles. The maximum atomic E-state index is 11.8. The fraction of sp³-hybridized carbons (Fsp3) is 0.800. The third-order valence-corrected chi connectivity index (χ3v) is 2.61. The van der Waals surface area contributed by atoms with Crippen molar-refractivity contribution in [2.24, 2.45) is 5.92 Å². The van der Waals surface area contributed by atoms with Crippen LogP contribution in [0.1, 0.15) is 13.8 Å². The maximum Gasteiger partial charge on any atom is 0.325 e. The van der Waals surface area contributed by atoms with Crippen molar-refractivity contribution in [2.75, 3.05) is 19.8 Å². The molecule has 3 atom stereocenters. The molecule has 0 aromatic carbocycles. The van der Waals surface area contributed by atoms with E-state index < -0.39 is 12.0 Å². The minimum Gasteiger partial charge on any atom is -0.480 e. The third-order valence-electron chi connectivity index (χ3n) is 2.61. The Labute approximate surface area is 94.3 Å². The molecule has 0 spiro atoms. The van der Waals surface area contributed by atoms with Crippen LogP contribution in [0.25, 0.3) is 0 Å². The van der Waals surface area contributed by atoms with Crippen LogP contribution in [-0.2, 0) is 14.3 Å². The molecule has 0 bridgehead atoms. The second-order valence-corrected chi connectivity index (χ2v) is 3.88.